The normalized spacial score (nSPS) is 18.9. The van der Waals surface area contributed by atoms with Gasteiger partial charge in [0.05, 0.1) is 13.0 Å². The molecule has 1 aliphatic heterocycles. The number of rotatable bonds is 6. The van der Waals surface area contributed by atoms with Crippen molar-refractivity contribution >= 4 is 40.8 Å². The van der Waals surface area contributed by atoms with Crippen LogP contribution in [0.15, 0.2) is 42.5 Å². The molecule has 0 saturated carbocycles. The lowest BCUT2D eigenvalue weighted by atomic mass is 9.83. The molecule has 160 valence electrons. The third kappa shape index (κ3) is 4.98. The van der Waals surface area contributed by atoms with Crippen LogP contribution in [0.1, 0.15) is 50.7 Å². The number of benzene rings is 2. The van der Waals surface area contributed by atoms with Gasteiger partial charge in [-0.15, -0.1) is 0 Å². The zero-order chi connectivity index (χ0) is 21.8. The first-order valence-corrected chi connectivity index (χ1v) is 11.1. The summed E-state index contributed by atoms with van der Waals surface area (Å²) in [6, 6.07) is 13.3. The van der Waals surface area contributed by atoms with Crippen LogP contribution in [0, 0.1) is 11.8 Å². The highest BCUT2D eigenvalue weighted by molar-refractivity contribution is 6.31. The Bertz CT molecular complexity index is 928. The fourth-order valence-electron chi connectivity index (χ4n) is 4.10. The molecule has 0 N–H and O–H groups in total. The summed E-state index contributed by atoms with van der Waals surface area (Å²) >= 11 is 12.9. The number of esters is 1. The molecule has 2 unspecified atom stereocenters. The molecular formula is C24H27Cl2NO3. The second-order valence-electron chi connectivity index (χ2n) is 8.06. The van der Waals surface area contributed by atoms with E-state index in [0.29, 0.717) is 29.6 Å². The Morgan fingerprint density at radius 2 is 1.90 bits per heavy atom. The van der Waals surface area contributed by atoms with Gasteiger partial charge < -0.3 is 9.64 Å². The molecule has 6 heteroatoms. The van der Waals surface area contributed by atoms with E-state index in [1.165, 1.54) is 0 Å². The van der Waals surface area contributed by atoms with Crippen molar-refractivity contribution in [3.63, 3.8) is 0 Å². The molecule has 4 nitrogen and oxygen atoms in total. The lowest BCUT2D eigenvalue weighted by Gasteiger charge is -2.27. The number of nitrogens with zero attached hydrogens (tertiary/aromatic N) is 1. The molecule has 0 fully saturated rings. The first-order chi connectivity index (χ1) is 14.3. The first kappa shape index (κ1) is 22.6. The Morgan fingerprint density at radius 1 is 1.17 bits per heavy atom. The summed E-state index contributed by atoms with van der Waals surface area (Å²) in [7, 11) is 0. The number of amides is 1. The number of hydrogen-bond donors (Lipinski definition) is 0. The summed E-state index contributed by atoms with van der Waals surface area (Å²) in [6.45, 7) is 6.75. The standard InChI is InChI=1S/C24H27Cl2NO3/c1-4-30-23(28)12-16-11-19(18-7-5-6-8-21(18)26)20-13-17(25)9-10-22(20)27(24(16)29)14-15(2)3/h5-10,13,15-16,19H,4,11-12,14H2,1-3H3. The van der Waals surface area contributed by atoms with E-state index in [2.05, 4.69) is 13.8 Å². The van der Waals surface area contributed by atoms with Crippen molar-refractivity contribution in [3.05, 3.63) is 63.6 Å². The minimum absolute atomic E-state index is 0.0456. The highest BCUT2D eigenvalue weighted by Crippen LogP contribution is 2.44. The molecule has 30 heavy (non-hydrogen) atoms. The van der Waals surface area contributed by atoms with E-state index in [-0.39, 0.29) is 30.1 Å². The lowest BCUT2D eigenvalue weighted by Crippen LogP contribution is -2.38. The van der Waals surface area contributed by atoms with E-state index in [4.69, 9.17) is 27.9 Å². The molecule has 0 saturated heterocycles. The fourth-order valence-corrected chi connectivity index (χ4v) is 4.55. The molecule has 0 aromatic heterocycles. The predicted octanol–water partition coefficient (Wildman–Crippen LogP) is 6.09. The maximum Gasteiger partial charge on any atom is 0.306 e. The third-order valence-corrected chi connectivity index (χ3v) is 5.92. The van der Waals surface area contributed by atoms with Crippen molar-refractivity contribution in [1.29, 1.82) is 0 Å². The summed E-state index contributed by atoms with van der Waals surface area (Å²) in [5.74, 6) is -0.821. The molecular weight excluding hydrogens is 421 g/mol. The number of halogens is 2. The smallest absolute Gasteiger partial charge is 0.306 e. The van der Waals surface area contributed by atoms with Crippen molar-refractivity contribution in [2.24, 2.45) is 11.8 Å². The average Bonchev–Trinajstić information content (AvgIpc) is 2.79. The monoisotopic (exact) mass is 447 g/mol. The highest BCUT2D eigenvalue weighted by atomic mass is 35.5. The van der Waals surface area contributed by atoms with E-state index < -0.39 is 5.92 Å². The van der Waals surface area contributed by atoms with Crippen molar-refractivity contribution < 1.29 is 14.3 Å². The third-order valence-electron chi connectivity index (χ3n) is 5.34. The van der Waals surface area contributed by atoms with E-state index in [9.17, 15) is 9.59 Å². The molecule has 2 atom stereocenters. The van der Waals surface area contributed by atoms with Crippen LogP contribution in [0.4, 0.5) is 5.69 Å². The summed E-state index contributed by atoms with van der Waals surface area (Å²) < 4.78 is 5.15. The maximum atomic E-state index is 13.6. The molecule has 1 aliphatic rings. The topological polar surface area (TPSA) is 46.6 Å². The number of fused-ring (bicyclic) bond motifs is 1. The Labute approximate surface area is 188 Å². The second kappa shape index (κ2) is 9.84. The molecule has 2 aromatic rings. The Kier molecular flexibility index (Phi) is 7.43. The van der Waals surface area contributed by atoms with Gasteiger partial charge in [-0.1, -0.05) is 55.2 Å². The fraction of sp³-hybridized carbons (Fsp3) is 0.417. The van der Waals surface area contributed by atoms with Crippen molar-refractivity contribution in [3.8, 4) is 0 Å². The first-order valence-electron chi connectivity index (χ1n) is 10.3. The van der Waals surface area contributed by atoms with Gasteiger partial charge in [0.1, 0.15) is 0 Å². The van der Waals surface area contributed by atoms with Crippen LogP contribution in [-0.4, -0.2) is 25.0 Å². The molecule has 0 spiro atoms. The van der Waals surface area contributed by atoms with E-state index in [1.54, 1.807) is 17.9 Å². The zero-order valence-corrected chi connectivity index (χ0v) is 19.0. The highest BCUT2D eigenvalue weighted by Gasteiger charge is 2.37. The van der Waals surface area contributed by atoms with Crippen LogP contribution < -0.4 is 4.90 Å². The van der Waals surface area contributed by atoms with Gasteiger partial charge in [-0.25, -0.2) is 0 Å². The minimum atomic E-state index is -0.504. The van der Waals surface area contributed by atoms with Gasteiger partial charge in [0.15, 0.2) is 0 Å². The summed E-state index contributed by atoms with van der Waals surface area (Å²) in [5, 5.41) is 1.24. The predicted molar refractivity (Wildman–Crippen MR) is 121 cm³/mol. The molecule has 1 amide bonds. The quantitative estimate of drug-likeness (QED) is 0.503. The summed E-state index contributed by atoms with van der Waals surface area (Å²) in [4.78, 5) is 27.7. The summed E-state index contributed by atoms with van der Waals surface area (Å²) in [5.41, 5.74) is 2.71. The Hall–Kier alpha value is -2.04. The number of hydrogen-bond acceptors (Lipinski definition) is 3. The number of carbonyl (C=O) groups is 2. The number of ether oxygens (including phenoxy) is 1. The Morgan fingerprint density at radius 3 is 2.57 bits per heavy atom. The van der Waals surface area contributed by atoms with Crippen molar-refractivity contribution in [1.82, 2.24) is 0 Å². The van der Waals surface area contributed by atoms with Crippen LogP contribution in [0.3, 0.4) is 0 Å². The molecule has 1 heterocycles. The zero-order valence-electron chi connectivity index (χ0n) is 17.5. The van der Waals surface area contributed by atoms with E-state index in [0.717, 1.165) is 16.8 Å². The van der Waals surface area contributed by atoms with Crippen LogP contribution in [0.25, 0.3) is 0 Å². The van der Waals surface area contributed by atoms with E-state index in [1.807, 2.05) is 36.4 Å². The lowest BCUT2D eigenvalue weighted by molar-refractivity contribution is -0.146. The summed E-state index contributed by atoms with van der Waals surface area (Å²) in [6.07, 6.45) is 0.507. The van der Waals surface area contributed by atoms with Gasteiger partial charge in [-0.05, 0) is 54.7 Å². The van der Waals surface area contributed by atoms with Crippen molar-refractivity contribution in [2.45, 2.75) is 39.5 Å². The Balaban J connectivity index is 2.15. The van der Waals surface area contributed by atoms with Gasteiger partial charge >= 0.3 is 5.97 Å². The van der Waals surface area contributed by atoms with Gasteiger partial charge in [0, 0.05) is 34.1 Å². The molecule has 3 rings (SSSR count). The van der Waals surface area contributed by atoms with Crippen LogP contribution in [0.5, 0.6) is 0 Å². The molecule has 0 aliphatic carbocycles. The number of carbonyl (C=O) groups excluding carboxylic acids is 2. The molecule has 0 radical (unpaired) electrons. The van der Waals surface area contributed by atoms with Gasteiger partial charge in [-0.2, -0.15) is 0 Å². The molecule has 2 aromatic carbocycles. The van der Waals surface area contributed by atoms with Crippen LogP contribution in [-0.2, 0) is 14.3 Å². The van der Waals surface area contributed by atoms with Gasteiger partial charge in [0.25, 0.3) is 0 Å². The van der Waals surface area contributed by atoms with Crippen LogP contribution in [0.2, 0.25) is 10.0 Å². The van der Waals surface area contributed by atoms with Crippen molar-refractivity contribution in [2.75, 3.05) is 18.1 Å². The minimum Gasteiger partial charge on any atom is -0.466 e. The largest absolute Gasteiger partial charge is 0.466 e. The molecule has 0 bridgehead atoms. The number of anilines is 1. The second-order valence-corrected chi connectivity index (χ2v) is 8.91. The average molecular weight is 448 g/mol. The maximum absolute atomic E-state index is 13.6. The SMILES string of the molecule is CCOC(=O)CC1CC(c2ccccc2Cl)c2cc(Cl)ccc2N(CC(C)C)C1=O. The van der Waals surface area contributed by atoms with E-state index >= 15 is 0 Å². The van der Waals surface area contributed by atoms with Gasteiger partial charge in [0.2, 0.25) is 5.91 Å². The van der Waals surface area contributed by atoms with Crippen LogP contribution >= 0.6 is 23.2 Å². The van der Waals surface area contributed by atoms with Gasteiger partial charge in [-0.3, -0.25) is 9.59 Å².